The summed E-state index contributed by atoms with van der Waals surface area (Å²) >= 11 is 3.47. The molecule has 0 bridgehead atoms. The largest absolute Gasteiger partial charge is 0.480 e. The highest BCUT2D eigenvalue weighted by atomic mass is 79.9. The predicted octanol–water partition coefficient (Wildman–Crippen LogP) is 5.49. The average molecular weight is 473 g/mol. The molecule has 1 aliphatic rings. The Hall–Kier alpha value is -2.34. The number of carbonyl (C=O) groups is 2. The Morgan fingerprint density at radius 3 is 2.30 bits per heavy atom. The number of rotatable bonds is 5. The van der Waals surface area contributed by atoms with Gasteiger partial charge in [0.2, 0.25) is 0 Å². The van der Waals surface area contributed by atoms with Crippen molar-refractivity contribution < 1.29 is 14.3 Å². The van der Waals surface area contributed by atoms with Crippen LogP contribution >= 0.6 is 15.9 Å². The first-order valence-corrected chi connectivity index (χ1v) is 11.3. The molecule has 1 fully saturated rings. The van der Waals surface area contributed by atoms with Gasteiger partial charge >= 0.3 is 0 Å². The zero-order valence-corrected chi connectivity index (χ0v) is 19.4. The van der Waals surface area contributed by atoms with Crippen molar-refractivity contribution in [3.05, 3.63) is 57.6 Å². The second kappa shape index (κ2) is 10.1. The van der Waals surface area contributed by atoms with Crippen molar-refractivity contribution in [2.24, 2.45) is 0 Å². The molecular formula is C24H29BrN2O3. The molecule has 2 aromatic rings. The Bertz CT molecular complexity index is 897. The number of ether oxygens (including phenoxy) is 1. The highest BCUT2D eigenvalue weighted by Crippen LogP contribution is 2.28. The van der Waals surface area contributed by atoms with Gasteiger partial charge in [0.25, 0.3) is 11.8 Å². The Balaban J connectivity index is 1.66. The smallest absolute Gasteiger partial charge is 0.265 e. The van der Waals surface area contributed by atoms with Crippen molar-refractivity contribution in [2.75, 3.05) is 18.4 Å². The van der Waals surface area contributed by atoms with Gasteiger partial charge in [-0.05, 0) is 75.1 Å². The molecule has 30 heavy (non-hydrogen) atoms. The summed E-state index contributed by atoms with van der Waals surface area (Å²) in [4.78, 5) is 27.5. The number of nitrogens with zero attached hydrogens (tertiary/aromatic N) is 1. The minimum absolute atomic E-state index is 0.0263. The van der Waals surface area contributed by atoms with Crippen LogP contribution in [-0.2, 0) is 4.79 Å². The fourth-order valence-electron chi connectivity index (χ4n) is 3.74. The topological polar surface area (TPSA) is 58.6 Å². The third-order valence-corrected chi connectivity index (χ3v) is 5.82. The number of halogens is 1. The maximum absolute atomic E-state index is 12.9. The van der Waals surface area contributed by atoms with Crippen LogP contribution in [0.5, 0.6) is 5.75 Å². The van der Waals surface area contributed by atoms with Crippen LogP contribution in [0.3, 0.4) is 0 Å². The average Bonchev–Trinajstić information content (AvgIpc) is 2.99. The molecule has 0 saturated carbocycles. The van der Waals surface area contributed by atoms with Gasteiger partial charge < -0.3 is 15.0 Å². The molecule has 1 saturated heterocycles. The van der Waals surface area contributed by atoms with Gasteiger partial charge in [-0.3, -0.25) is 9.59 Å². The van der Waals surface area contributed by atoms with E-state index in [1.165, 1.54) is 12.8 Å². The van der Waals surface area contributed by atoms with Crippen LogP contribution < -0.4 is 10.1 Å². The van der Waals surface area contributed by atoms with Gasteiger partial charge in [-0.1, -0.05) is 34.8 Å². The normalized spacial score (nSPS) is 15.3. The van der Waals surface area contributed by atoms with Crippen LogP contribution in [0.2, 0.25) is 0 Å². The van der Waals surface area contributed by atoms with Gasteiger partial charge in [-0.25, -0.2) is 0 Å². The monoisotopic (exact) mass is 472 g/mol. The molecule has 1 unspecified atom stereocenters. The Morgan fingerprint density at radius 1 is 1.03 bits per heavy atom. The number of carbonyl (C=O) groups excluding carboxylic acids is 2. The second-order valence-corrected chi connectivity index (χ2v) is 8.82. The van der Waals surface area contributed by atoms with Crippen molar-refractivity contribution in [3.63, 3.8) is 0 Å². The highest BCUT2D eigenvalue weighted by molar-refractivity contribution is 9.10. The minimum atomic E-state index is -0.673. The summed E-state index contributed by atoms with van der Waals surface area (Å²) in [5, 5.41) is 2.88. The van der Waals surface area contributed by atoms with Crippen molar-refractivity contribution in [1.29, 1.82) is 0 Å². The van der Waals surface area contributed by atoms with Crippen LogP contribution in [0.25, 0.3) is 0 Å². The standard InChI is InChI=1S/C24H29BrN2O3/c1-16-13-20(25)14-17(2)22(16)30-18(3)23(28)26-21-10-8-9-19(15-21)24(29)27-11-6-4-5-7-12-27/h8-10,13-15,18H,4-7,11-12H2,1-3H3,(H,26,28). The summed E-state index contributed by atoms with van der Waals surface area (Å²) < 4.78 is 6.92. The first-order valence-electron chi connectivity index (χ1n) is 10.5. The number of anilines is 1. The minimum Gasteiger partial charge on any atom is -0.480 e. The molecule has 0 spiro atoms. The number of amides is 2. The first kappa shape index (κ1) is 22.3. The number of hydrogen-bond acceptors (Lipinski definition) is 3. The molecule has 1 heterocycles. The number of aryl methyl sites for hydroxylation is 2. The van der Waals surface area contributed by atoms with Gasteiger partial charge in [0.1, 0.15) is 5.75 Å². The summed E-state index contributed by atoms with van der Waals surface area (Å²) in [5.41, 5.74) is 3.13. The van der Waals surface area contributed by atoms with E-state index < -0.39 is 6.10 Å². The molecule has 6 heteroatoms. The van der Waals surface area contributed by atoms with Crippen LogP contribution in [0.1, 0.15) is 54.1 Å². The number of likely N-dealkylation sites (tertiary alicyclic amines) is 1. The van der Waals surface area contributed by atoms with E-state index >= 15 is 0 Å². The van der Waals surface area contributed by atoms with E-state index in [4.69, 9.17) is 4.74 Å². The van der Waals surface area contributed by atoms with Gasteiger partial charge in [0.05, 0.1) is 0 Å². The third kappa shape index (κ3) is 5.63. The molecule has 2 aromatic carbocycles. The molecule has 0 aliphatic carbocycles. The van der Waals surface area contributed by atoms with E-state index in [0.29, 0.717) is 17.0 Å². The fourth-order valence-corrected chi connectivity index (χ4v) is 4.43. The first-order chi connectivity index (χ1) is 14.3. The maximum Gasteiger partial charge on any atom is 0.265 e. The van der Waals surface area contributed by atoms with Crippen molar-refractivity contribution >= 4 is 33.4 Å². The van der Waals surface area contributed by atoms with Gasteiger partial charge in [-0.2, -0.15) is 0 Å². The van der Waals surface area contributed by atoms with E-state index in [-0.39, 0.29) is 11.8 Å². The van der Waals surface area contributed by atoms with Gasteiger partial charge in [0, 0.05) is 28.8 Å². The lowest BCUT2D eigenvalue weighted by Gasteiger charge is -2.21. The number of benzene rings is 2. The molecule has 1 atom stereocenters. The maximum atomic E-state index is 12.9. The van der Waals surface area contributed by atoms with Crippen LogP contribution in [0.15, 0.2) is 40.9 Å². The third-order valence-electron chi connectivity index (χ3n) is 5.36. The Kier molecular flexibility index (Phi) is 7.53. The van der Waals surface area contributed by atoms with E-state index in [0.717, 1.165) is 41.5 Å². The van der Waals surface area contributed by atoms with Gasteiger partial charge in [-0.15, -0.1) is 0 Å². The second-order valence-electron chi connectivity index (χ2n) is 7.91. The van der Waals surface area contributed by atoms with Crippen LogP contribution in [-0.4, -0.2) is 35.9 Å². The molecular weight excluding hydrogens is 444 g/mol. The summed E-state index contributed by atoms with van der Waals surface area (Å²) in [5.74, 6) is 0.487. The van der Waals surface area contributed by atoms with E-state index in [1.807, 2.05) is 30.9 Å². The van der Waals surface area contributed by atoms with E-state index in [2.05, 4.69) is 21.2 Å². The Morgan fingerprint density at radius 2 is 1.67 bits per heavy atom. The lowest BCUT2D eigenvalue weighted by atomic mass is 10.1. The summed E-state index contributed by atoms with van der Waals surface area (Å²) in [6.45, 7) is 7.23. The molecule has 160 valence electrons. The molecule has 0 aromatic heterocycles. The lowest BCUT2D eigenvalue weighted by molar-refractivity contribution is -0.122. The number of nitrogens with one attached hydrogen (secondary N) is 1. The van der Waals surface area contributed by atoms with E-state index in [1.54, 1.807) is 31.2 Å². The van der Waals surface area contributed by atoms with Gasteiger partial charge in [0.15, 0.2) is 6.10 Å². The predicted molar refractivity (Wildman–Crippen MR) is 123 cm³/mol. The highest BCUT2D eigenvalue weighted by Gasteiger charge is 2.20. The molecule has 0 radical (unpaired) electrons. The lowest BCUT2D eigenvalue weighted by Crippen LogP contribution is -2.32. The SMILES string of the molecule is Cc1cc(Br)cc(C)c1OC(C)C(=O)Nc1cccc(C(=O)N2CCCCCC2)c1. The number of hydrogen-bond donors (Lipinski definition) is 1. The van der Waals surface area contributed by atoms with Crippen molar-refractivity contribution in [1.82, 2.24) is 4.90 Å². The fraction of sp³-hybridized carbons (Fsp3) is 0.417. The summed E-state index contributed by atoms with van der Waals surface area (Å²) in [6.07, 6.45) is 3.77. The summed E-state index contributed by atoms with van der Waals surface area (Å²) in [6, 6.07) is 11.1. The molecule has 5 nitrogen and oxygen atoms in total. The van der Waals surface area contributed by atoms with Crippen molar-refractivity contribution in [3.8, 4) is 5.75 Å². The summed E-state index contributed by atoms with van der Waals surface area (Å²) in [7, 11) is 0. The zero-order chi connectivity index (χ0) is 21.7. The van der Waals surface area contributed by atoms with E-state index in [9.17, 15) is 9.59 Å². The van der Waals surface area contributed by atoms with Crippen LogP contribution in [0.4, 0.5) is 5.69 Å². The molecule has 1 N–H and O–H groups in total. The molecule has 3 rings (SSSR count). The quantitative estimate of drug-likeness (QED) is 0.625. The van der Waals surface area contributed by atoms with Crippen molar-refractivity contribution in [2.45, 2.75) is 52.6 Å². The zero-order valence-electron chi connectivity index (χ0n) is 17.8. The Labute approximate surface area is 186 Å². The van der Waals surface area contributed by atoms with Crippen LogP contribution in [0, 0.1) is 13.8 Å². The molecule has 2 amide bonds. The molecule has 1 aliphatic heterocycles.